The first-order valence-electron chi connectivity index (χ1n) is 9.90. The van der Waals surface area contributed by atoms with E-state index >= 15 is 0 Å². The minimum Gasteiger partial charge on any atom is -0.490 e. The predicted molar refractivity (Wildman–Crippen MR) is 109 cm³/mol. The molecule has 0 atom stereocenters. The molecule has 3 heterocycles. The van der Waals surface area contributed by atoms with Gasteiger partial charge in [-0.1, -0.05) is 12.1 Å². The lowest BCUT2D eigenvalue weighted by Crippen LogP contribution is -2.38. The van der Waals surface area contributed by atoms with Crippen LogP contribution in [-0.2, 0) is 20.1 Å². The summed E-state index contributed by atoms with van der Waals surface area (Å²) in [6, 6.07) is 10.9. The summed E-state index contributed by atoms with van der Waals surface area (Å²) in [7, 11) is 1.76. The van der Waals surface area contributed by atoms with E-state index in [0.717, 1.165) is 54.7 Å². The van der Waals surface area contributed by atoms with Gasteiger partial charge in [0.15, 0.2) is 0 Å². The van der Waals surface area contributed by atoms with Crippen molar-refractivity contribution in [3.63, 3.8) is 0 Å². The highest BCUT2D eigenvalue weighted by molar-refractivity contribution is 5.86. The minimum atomic E-state index is -2.38. The third-order valence-corrected chi connectivity index (χ3v) is 5.49. The number of alkyl halides is 2. The Labute approximate surface area is 168 Å². The van der Waals surface area contributed by atoms with Gasteiger partial charge in [0.05, 0.1) is 12.1 Å². The van der Waals surface area contributed by atoms with Crippen LogP contribution in [0.3, 0.4) is 0 Å². The first-order valence-corrected chi connectivity index (χ1v) is 9.90. The molecule has 5 nitrogen and oxygen atoms in total. The molecule has 0 N–H and O–H groups in total. The molecular weight excluding hydrogens is 376 g/mol. The van der Waals surface area contributed by atoms with E-state index < -0.39 is 6.43 Å². The average molecular weight is 401 g/mol. The number of rotatable bonds is 6. The van der Waals surface area contributed by atoms with Crippen LogP contribution in [0, 0.1) is 0 Å². The standard InChI is InChI=1S/C22H25F2N3O2/c1-25-13-16(5-6-22(25)28)14-26-10-7-17(8-11-26)29-20-4-2-3-19-18(20)9-12-27(19)15-21(23)24/h2-6,9,12-13,17,21H,7-8,10-11,14-15H2,1H3. The first-order chi connectivity index (χ1) is 14.0. The van der Waals surface area contributed by atoms with Gasteiger partial charge in [0.2, 0.25) is 5.56 Å². The molecule has 7 heteroatoms. The molecule has 1 aliphatic rings. The van der Waals surface area contributed by atoms with Crippen LogP contribution in [0.4, 0.5) is 8.78 Å². The van der Waals surface area contributed by atoms with Crippen LogP contribution in [0.25, 0.3) is 10.9 Å². The number of halogens is 2. The summed E-state index contributed by atoms with van der Waals surface area (Å²) in [5, 5.41) is 0.876. The van der Waals surface area contributed by atoms with Gasteiger partial charge in [-0.15, -0.1) is 0 Å². The van der Waals surface area contributed by atoms with Crippen molar-refractivity contribution in [1.82, 2.24) is 14.0 Å². The number of piperidine rings is 1. The van der Waals surface area contributed by atoms with Crippen LogP contribution in [0.5, 0.6) is 5.75 Å². The normalized spacial score (nSPS) is 16.0. The number of aryl methyl sites for hydroxylation is 1. The molecule has 1 aromatic carbocycles. The zero-order valence-corrected chi connectivity index (χ0v) is 16.4. The van der Waals surface area contributed by atoms with Gasteiger partial charge < -0.3 is 13.9 Å². The molecule has 1 aliphatic heterocycles. The third-order valence-electron chi connectivity index (χ3n) is 5.49. The monoisotopic (exact) mass is 401 g/mol. The lowest BCUT2D eigenvalue weighted by Gasteiger charge is -2.32. The van der Waals surface area contributed by atoms with E-state index in [0.29, 0.717) is 0 Å². The molecule has 0 amide bonds. The SMILES string of the molecule is Cn1cc(CN2CCC(Oc3cccc4c3ccn4CC(F)F)CC2)ccc1=O. The Morgan fingerprint density at radius 2 is 1.93 bits per heavy atom. The van der Waals surface area contributed by atoms with Crippen LogP contribution in [0.2, 0.25) is 0 Å². The van der Waals surface area contributed by atoms with Crippen LogP contribution >= 0.6 is 0 Å². The van der Waals surface area contributed by atoms with Gasteiger partial charge in [-0.3, -0.25) is 9.69 Å². The Balaban J connectivity index is 1.38. The minimum absolute atomic E-state index is 0.00239. The van der Waals surface area contributed by atoms with Gasteiger partial charge in [-0.05, 0) is 36.6 Å². The Bertz CT molecular complexity index is 1040. The summed E-state index contributed by atoms with van der Waals surface area (Å²) in [6.45, 7) is 2.33. The van der Waals surface area contributed by atoms with Gasteiger partial charge in [0.25, 0.3) is 6.43 Å². The maximum atomic E-state index is 12.8. The summed E-state index contributed by atoms with van der Waals surface area (Å²) in [5.74, 6) is 0.757. The van der Waals surface area contributed by atoms with E-state index in [4.69, 9.17) is 4.74 Å². The molecule has 0 spiro atoms. The summed E-state index contributed by atoms with van der Waals surface area (Å²) in [4.78, 5) is 13.9. The second kappa shape index (κ2) is 8.37. The van der Waals surface area contributed by atoms with E-state index in [1.807, 2.05) is 36.5 Å². The summed E-state index contributed by atoms with van der Waals surface area (Å²) in [6.07, 6.45) is 3.11. The summed E-state index contributed by atoms with van der Waals surface area (Å²) in [5.41, 5.74) is 1.89. The maximum Gasteiger partial charge on any atom is 0.256 e. The van der Waals surface area contributed by atoms with Gasteiger partial charge in [0, 0.05) is 50.5 Å². The number of likely N-dealkylation sites (tertiary alicyclic amines) is 1. The number of pyridine rings is 1. The van der Waals surface area contributed by atoms with Crippen molar-refractivity contribution in [2.24, 2.45) is 7.05 Å². The van der Waals surface area contributed by atoms with Crippen molar-refractivity contribution in [3.05, 3.63) is 64.7 Å². The smallest absolute Gasteiger partial charge is 0.256 e. The number of aromatic nitrogens is 2. The van der Waals surface area contributed by atoms with Crippen molar-refractivity contribution in [2.45, 2.75) is 38.5 Å². The average Bonchev–Trinajstić information content (AvgIpc) is 3.10. The number of ether oxygens (including phenoxy) is 1. The van der Waals surface area contributed by atoms with E-state index in [1.165, 1.54) is 0 Å². The summed E-state index contributed by atoms with van der Waals surface area (Å²) >= 11 is 0. The fraction of sp³-hybridized carbons (Fsp3) is 0.409. The largest absolute Gasteiger partial charge is 0.490 e. The highest BCUT2D eigenvalue weighted by Crippen LogP contribution is 2.29. The fourth-order valence-corrected chi connectivity index (χ4v) is 3.97. The second-order valence-corrected chi connectivity index (χ2v) is 7.63. The number of hydrogen-bond acceptors (Lipinski definition) is 3. The number of benzene rings is 1. The molecule has 154 valence electrons. The second-order valence-electron chi connectivity index (χ2n) is 7.63. The molecule has 3 aromatic rings. The maximum absolute atomic E-state index is 12.8. The topological polar surface area (TPSA) is 39.4 Å². The Hall–Kier alpha value is -2.67. The number of nitrogens with zero attached hydrogens (tertiary/aromatic N) is 3. The van der Waals surface area contributed by atoms with Gasteiger partial charge in [0.1, 0.15) is 11.9 Å². The molecule has 0 aliphatic carbocycles. The molecule has 1 saturated heterocycles. The molecule has 0 bridgehead atoms. The molecule has 4 rings (SSSR count). The first kappa shape index (κ1) is 19.6. The molecule has 0 saturated carbocycles. The van der Waals surface area contributed by atoms with E-state index in [1.54, 1.807) is 28.4 Å². The van der Waals surface area contributed by atoms with Crippen molar-refractivity contribution >= 4 is 10.9 Å². The zero-order valence-electron chi connectivity index (χ0n) is 16.4. The highest BCUT2D eigenvalue weighted by atomic mass is 19.3. The third kappa shape index (κ3) is 4.50. The number of fused-ring (bicyclic) bond motifs is 1. The number of hydrogen-bond donors (Lipinski definition) is 0. The van der Waals surface area contributed by atoms with Crippen molar-refractivity contribution in [3.8, 4) is 5.75 Å². The van der Waals surface area contributed by atoms with E-state index in [-0.39, 0.29) is 18.2 Å². The predicted octanol–water partition coefficient (Wildman–Crippen LogP) is 3.65. The van der Waals surface area contributed by atoms with Crippen molar-refractivity contribution in [2.75, 3.05) is 13.1 Å². The fourth-order valence-electron chi connectivity index (χ4n) is 3.97. The van der Waals surface area contributed by atoms with Gasteiger partial charge >= 0.3 is 0 Å². The Morgan fingerprint density at radius 3 is 2.66 bits per heavy atom. The quantitative estimate of drug-likeness (QED) is 0.633. The van der Waals surface area contributed by atoms with Crippen LogP contribution in [0.15, 0.2) is 53.6 Å². The van der Waals surface area contributed by atoms with Crippen LogP contribution in [0.1, 0.15) is 18.4 Å². The highest BCUT2D eigenvalue weighted by Gasteiger charge is 2.22. The van der Waals surface area contributed by atoms with Gasteiger partial charge in [-0.25, -0.2) is 8.78 Å². The van der Waals surface area contributed by atoms with Crippen LogP contribution < -0.4 is 10.3 Å². The zero-order chi connectivity index (χ0) is 20.4. The molecule has 2 aromatic heterocycles. The molecule has 29 heavy (non-hydrogen) atoms. The van der Waals surface area contributed by atoms with Crippen molar-refractivity contribution in [1.29, 1.82) is 0 Å². The van der Waals surface area contributed by atoms with E-state index in [2.05, 4.69) is 4.90 Å². The molecule has 0 radical (unpaired) electrons. The van der Waals surface area contributed by atoms with E-state index in [9.17, 15) is 13.6 Å². The lowest BCUT2D eigenvalue weighted by atomic mass is 10.1. The van der Waals surface area contributed by atoms with Gasteiger partial charge in [-0.2, -0.15) is 0 Å². The van der Waals surface area contributed by atoms with Crippen LogP contribution in [-0.4, -0.2) is 39.7 Å². The molecular formula is C22H25F2N3O2. The van der Waals surface area contributed by atoms with Crippen molar-refractivity contribution < 1.29 is 13.5 Å². The molecule has 0 unspecified atom stereocenters. The molecule has 1 fully saturated rings. The summed E-state index contributed by atoms with van der Waals surface area (Å²) < 4.78 is 34.9. The Kier molecular flexibility index (Phi) is 5.67. The Morgan fingerprint density at radius 1 is 1.14 bits per heavy atom. The lowest BCUT2D eigenvalue weighted by molar-refractivity contribution is 0.0978.